The van der Waals surface area contributed by atoms with Gasteiger partial charge in [0.05, 0.1) is 7.11 Å². The highest BCUT2D eigenvalue weighted by molar-refractivity contribution is 5.85. The Hall–Kier alpha value is -2.57. The van der Waals surface area contributed by atoms with Crippen LogP contribution in [0.5, 0.6) is 5.75 Å². The summed E-state index contributed by atoms with van der Waals surface area (Å²) in [6.45, 7) is -0.0775. The van der Waals surface area contributed by atoms with Crippen LogP contribution in [0.25, 0.3) is 0 Å². The topological polar surface area (TPSA) is 105 Å². The van der Waals surface area contributed by atoms with Gasteiger partial charge in [-0.05, 0) is 17.7 Å². The molecule has 0 radical (unpaired) electrons. The van der Waals surface area contributed by atoms with Crippen molar-refractivity contribution < 1.29 is 24.2 Å². The van der Waals surface area contributed by atoms with E-state index < -0.39 is 18.4 Å². The van der Waals surface area contributed by atoms with E-state index in [1.54, 1.807) is 19.2 Å². The highest BCUT2D eigenvalue weighted by atomic mass is 16.5. The molecule has 0 aromatic heterocycles. The first-order valence-corrected chi connectivity index (χ1v) is 6.39. The fourth-order valence-corrected chi connectivity index (χ4v) is 1.52. The predicted octanol–water partition coefficient (Wildman–Crippen LogP) is 0.292. The number of amides is 2. The van der Waals surface area contributed by atoms with E-state index in [0.29, 0.717) is 6.54 Å². The molecule has 2 amide bonds. The van der Waals surface area contributed by atoms with E-state index in [1.807, 2.05) is 12.1 Å². The summed E-state index contributed by atoms with van der Waals surface area (Å²) in [5, 5.41) is 13.3. The molecule has 114 valence electrons. The maximum absolute atomic E-state index is 11.5. The second-order valence-corrected chi connectivity index (χ2v) is 4.30. The summed E-state index contributed by atoms with van der Waals surface area (Å²) in [5.74, 6) is -1.11. The molecule has 1 rings (SSSR count). The molecule has 0 spiro atoms. The molecule has 1 aromatic carbocycles. The second kappa shape index (κ2) is 8.57. The SMILES string of the molecule is COc1ccc(CNC(=O)CCC(=O)NCC(=O)O)cc1. The Bertz CT molecular complexity index is 499. The minimum absolute atomic E-state index is 0.0155. The lowest BCUT2D eigenvalue weighted by atomic mass is 10.2. The molecule has 0 bridgehead atoms. The van der Waals surface area contributed by atoms with E-state index in [2.05, 4.69) is 10.6 Å². The Labute approximate surface area is 122 Å². The van der Waals surface area contributed by atoms with Crippen LogP contribution in [0.2, 0.25) is 0 Å². The number of hydrogen-bond acceptors (Lipinski definition) is 4. The second-order valence-electron chi connectivity index (χ2n) is 4.30. The van der Waals surface area contributed by atoms with Gasteiger partial charge >= 0.3 is 5.97 Å². The standard InChI is InChI=1S/C14H18N2O5/c1-21-11-4-2-10(3-5-11)8-15-12(17)6-7-13(18)16-9-14(19)20/h2-5H,6-9H2,1H3,(H,15,17)(H,16,18)(H,19,20). The summed E-state index contributed by atoms with van der Waals surface area (Å²) in [6, 6.07) is 7.25. The lowest BCUT2D eigenvalue weighted by Gasteiger charge is -2.06. The summed E-state index contributed by atoms with van der Waals surface area (Å²) in [4.78, 5) is 33.0. The maximum atomic E-state index is 11.5. The molecule has 7 heteroatoms. The van der Waals surface area contributed by atoms with E-state index in [0.717, 1.165) is 11.3 Å². The minimum atomic E-state index is -1.12. The molecule has 3 N–H and O–H groups in total. The van der Waals surface area contributed by atoms with Gasteiger partial charge in [-0.2, -0.15) is 0 Å². The van der Waals surface area contributed by atoms with Crippen molar-refractivity contribution in [3.63, 3.8) is 0 Å². The van der Waals surface area contributed by atoms with Crippen molar-refractivity contribution >= 4 is 17.8 Å². The van der Waals surface area contributed by atoms with Crippen LogP contribution >= 0.6 is 0 Å². The van der Waals surface area contributed by atoms with Crippen LogP contribution in [-0.4, -0.2) is 36.5 Å². The zero-order chi connectivity index (χ0) is 15.7. The Morgan fingerprint density at radius 3 is 2.14 bits per heavy atom. The van der Waals surface area contributed by atoms with Crippen LogP contribution in [0.3, 0.4) is 0 Å². The number of carbonyl (C=O) groups is 3. The van der Waals surface area contributed by atoms with Crippen molar-refractivity contribution in [1.82, 2.24) is 10.6 Å². The van der Waals surface area contributed by atoms with E-state index in [9.17, 15) is 14.4 Å². The Morgan fingerprint density at radius 2 is 1.62 bits per heavy atom. The van der Waals surface area contributed by atoms with Gasteiger partial charge in [-0.25, -0.2) is 0 Å². The zero-order valence-corrected chi connectivity index (χ0v) is 11.7. The first-order valence-electron chi connectivity index (χ1n) is 6.39. The van der Waals surface area contributed by atoms with Gasteiger partial charge in [-0.3, -0.25) is 14.4 Å². The number of carbonyl (C=O) groups excluding carboxylic acids is 2. The number of nitrogens with one attached hydrogen (secondary N) is 2. The molecule has 0 unspecified atom stereocenters. The number of benzene rings is 1. The summed E-state index contributed by atoms with van der Waals surface area (Å²) >= 11 is 0. The average molecular weight is 294 g/mol. The fourth-order valence-electron chi connectivity index (χ4n) is 1.52. The van der Waals surface area contributed by atoms with Gasteiger partial charge in [0.25, 0.3) is 0 Å². The third-order valence-electron chi connectivity index (χ3n) is 2.66. The molecular formula is C14H18N2O5. The Kier molecular flexibility index (Phi) is 6.73. The summed E-state index contributed by atoms with van der Waals surface area (Å²) < 4.78 is 5.03. The van der Waals surface area contributed by atoms with Crippen molar-refractivity contribution in [3.05, 3.63) is 29.8 Å². The van der Waals surface area contributed by atoms with Crippen LogP contribution in [0, 0.1) is 0 Å². The molecule has 0 heterocycles. The normalized spacial score (nSPS) is 9.76. The molecule has 7 nitrogen and oxygen atoms in total. The summed E-state index contributed by atoms with van der Waals surface area (Å²) in [7, 11) is 1.58. The lowest BCUT2D eigenvalue weighted by Crippen LogP contribution is -2.31. The predicted molar refractivity (Wildman–Crippen MR) is 74.7 cm³/mol. The highest BCUT2D eigenvalue weighted by Gasteiger charge is 2.07. The van der Waals surface area contributed by atoms with Gasteiger partial charge in [0.1, 0.15) is 12.3 Å². The first kappa shape index (κ1) is 16.5. The Morgan fingerprint density at radius 1 is 1.05 bits per heavy atom. The monoisotopic (exact) mass is 294 g/mol. The van der Waals surface area contributed by atoms with Crippen LogP contribution in [0.15, 0.2) is 24.3 Å². The van der Waals surface area contributed by atoms with E-state index >= 15 is 0 Å². The van der Waals surface area contributed by atoms with Crippen LogP contribution in [0.4, 0.5) is 0 Å². The van der Waals surface area contributed by atoms with Crippen LogP contribution < -0.4 is 15.4 Å². The fraction of sp³-hybridized carbons (Fsp3) is 0.357. The molecular weight excluding hydrogens is 276 g/mol. The van der Waals surface area contributed by atoms with E-state index in [-0.39, 0.29) is 18.7 Å². The molecule has 0 fully saturated rings. The smallest absolute Gasteiger partial charge is 0.322 e. The third-order valence-corrected chi connectivity index (χ3v) is 2.66. The minimum Gasteiger partial charge on any atom is -0.497 e. The van der Waals surface area contributed by atoms with Gasteiger partial charge in [0, 0.05) is 19.4 Å². The zero-order valence-electron chi connectivity index (χ0n) is 11.7. The van der Waals surface area contributed by atoms with Gasteiger partial charge in [-0.1, -0.05) is 12.1 Å². The molecule has 0 aliphatic rings. The highest BCUT2D eigenvalue weighted by Crippen LogP contribution is 2.10. The summed E-state index contributed by atoms with van der Waals surface area (Å²) in [5.41, 5.74) is 0.916. The molecule has 1 aromatic rings. The van der Waals surface area contributed by atoms with Crippen molar-refractivity contribution in [2.45, 2.75) is 19.4 Å². The largest absolute Gasteiger partial charge is 0.497 e. The molecule has 0 saturated heterocycles. The van der Waals surface area contributed by atoms with E-state index in [1.165, 1.54) is 0 Å². The van der Waals surface area contributed by atoms with Gasteiger partial charge in [0.2, 0.25) is 11.8 Å². The number of hydrogen-bond donors (Lipinski definition) is 3. The lowest BCUT2D eigenvalue weighted by molar-refractivity contribution is -0.138. The number of ether oxygens (including phenoxy) is 1. The van der Waals surface area contributed by atoms with Gasteiger partial charge in [-0.15, -0.1) is 0 Å². The maximum Gasteiger partial charge on any atom is 0.322 e. The number of carboxylic acids is 1. The molecule has 21 heavy (non-hydrogen) atoms. The van der Waals surface area contributed by atoms with Crippen LogP contribution in [-0.2, 0) is 20.9 Å². The quantitative estimate of drug-likeness (QED) is 0.639. The average Bonchev–Trinajstić information content (AvgIpc) is 2.49. The molecule has 0 aliphatic heterocycles. The van der Waals surface area contributed by atoms with Crippen molar-refractivity contribution in [1.29, 1.82) is 0 Å². The number of methoxy groups -OCH3 is 1. The number of rotatable bonds is 8. The molecule has 0 saturated carbocycles. The molecule has 0 atom stereocenters. The summed E-state index contributed by atoms with van der Waals surface area (Å²) in [6.07, 6.45) is -0.0245. The van der Waals surface area contributed by atoms with Crippen molar-refractivity contribution in [2.75, 3.05) is 13.7 Å². The first-order chi connectivity index (χ1) is 10.0. The molecule has 0 aliphatic carbocycles. The van der Waals surface area contributed by atoms with Gasteiger partial charge < -0.3 is 20.5 Å². The van der Waals surface area contributed by atoms with Crippen molar-refractivity contribution in [2.24, 2.45) is 0 Å². The third kappa shape index (κ3) is 6.95. The Balaban J connectivity index is 2.24. The van der Waals surface area contributed by atoms with Crippen molar-refractivity contribution in [3.8, 4) is 5.75 Å². The number of aliphatic carboxylic acids is 1. The van der Waals surface area contributed by atoms with E-state index in [4.69, 9.17) is 9.84 Å². The van der Waals surface area contributed by atoms with Crippen LogP contribution in [0.1, 0.15) is 18.4 Å². The number of carboxylic acid groups (broad SMARTS) is 1. The van der Waals surface area contributed by atoms with Gasteiger partial charge in [0.15, 0.2) is 0 Å².